The van der Waals surface area contributed by atoms with E-state index in [0.717, 1.165) is 27.6 Å². The van der Waals surface area contributed by atoms with Crippen LogP contribution in [-0.2, 0) is 22.6 Å². The molecule has 5 nitrogen and oxygen atoms in total. The largest absolute Gasteiger partial charge is 0.483 e. The molecule has 37 heavy (non-hydrogen) atoms. The van der Waals surface area contributed by atoms with Crippen LogP contribution in [-0.4, -0.2) is 35.4 Å². The summed E-state index contributed by atoms with van der Waals surface area (Å²) >= 11 is 3.53. The van der Waals surface area contributed by atoms with Gasteiger partial charge in [-0.1, -0.05) is 97.4 Å². The Kier molecular flexibility index (Phi) is 10.8. The van der Waals surface area contributed by atoms with Crippen LogP contribution in [0.5, 0.6) is 5.75 Å². The fraction of sp³-hybridized carbons (Fsp3) is 0.355. The van der Waals surface area contributed by atoms with Crippen LogP contribution in [0.3, 0.4) is 0 Å². The molecule has 0 radical (unpaired) electrons. The second kappa shape index (κ2) is 14.0. The minimum absolute atomic E-state index is 0.00256. The first kappa shape index (κ1) is 28.5. The van der Waals surface area contributed by atoms with Crippen LogP contribution in [0.15, 0.2) is 83.3 Å². The number of para-hydroxylation sites is 1. The van der Waals surface area contributed by atoms with Crippen LogP contribution in [0.25, 0.3) is 0 Å². The Morgan fingerprint density at radius 2 is 1.59 bits per heavy atom. The van der Waals surface area contributed by atoms with Gasteiger partial charge in [-0.15, -0.1) is 0 Å². The quantitative estimate of drug-likeness (QED) is 0.273. The van der Waals surface area contributed by atoms with Crippen molar-refractivity contribution >= 4 is 27.7 Å². The molecule has 0 unspecified atom stereocenters. The third-order valence-electron chi connectivity index (χ3n) is 6.41. The summed E-state index contributed by atoms with van der Waals surface area (Å²) in [6, 6.07) is 24.7. The van der Waals surface area contributed by atoms with Crippen LogP contribution in [0.1, 0.15) is 56.7 Å². The molecule has 3 rings (SSSR count). The van der Waals surface area contributed by atoms with Crippen LogP contribution in [0, 0.1) is 0 Å². The minimum atomic E-state index is -0.688. The van der Waals surface area contributed by atoms with Crippen LogP contribution >= 0.6 is 15.9 Å². The lowest BCUT2D eigenvalue weighted by atomic mass is 10.0. The normalized spacial score (nSPS) is 12.6. The first-order valence-electron chi connectivity index (χ1n) is 12.9. The first-order valence-corrected chi connectivity index (χ1v) is 13.7. The third-order valence-corrected chi connectivity index (χ3v) is 6.90. The molecule has 3 aromatic carbocycles. The lowest BCUT2D eigenvalue weighted by Gasteiger charge is -2.32. The Morgan fingerprint density at radius 1 is 0.919 bits per heavy atom. The van der Waals surface area contributed by atoms with Gasteiger partial charge in [0.2, 0.25) is 5.91 Å². The van der Waals surface area contributed by atoms with Crippen molar-refractivity contribution in [2.45, 2.75) is 65.1 Å². The Morgan fingerprint density at radius 3 is 2.27 bits per heavy atom. The number of hydrogen-bond acceptors (Lipinski definition) is 3. The van der Waals surface area contributed by atoms with E-state index in [2.05, 4.69) is 35.1 Å². The smallest absolute Gasteiger partial charge is 0.261 e. The molecule has 2 amide bonds. The maximum atomic E-state index is 13.8. The van der Waals surface area contributed by atoms with E-state index in [-0.39, 0.29) is 30.4 Å². The van der Waals surface area contributed by atoms with Gasteiger partial charge in [0, 0.05) is 23.5 Å². The standard InChI is InChI=1S/C31H37BrN2O3/c1-5-23(4)33-31(36)28(19-24-12-7-6-8-13-24)34(20-25-14-11-15-26(32)18-25)30(35)21-37-29-17-10-9-16-27(29)22(2)3/h6-18,22-23,28H,5,19-21H2,1-4H3,(H,33,36)/t23-,28+/m0/s1. The molecule has 0 saturated heterocycles. The van der Waals surface area contributed by atoms with Crippen LogP contribution < -0.4 is 10.1 Å². The molecule has 0 fully saturated rings. The monoisotopic (exact) mass is 564 g/mol. The molecule has 0 saturated carbocycles. The van der Waals surface area contributed by atoms with E-state index in [9.17, 15) is 9.59 Å². The molecule has 3 aromatic rings. The van der Waals surface area contributed by atoms with Gasteiger partial charge in [-0.25, -0.2) is 0 Å². The highest BCUT2D eigenvalue weighted by atomic mass is 79.9. The predicted octanol–water partition coefficient (Wildman–Crippen LogP) is 6.51. The number of benzene rings is 3. The number of carbonyl (C=O) groups excluding carboxylic acids is 2. The highest BCUT2D eigenvalue weighted by Gasteiger charge is 2.31. The van der Waals surface area contributed by atoms with Gasteiger partial charge in [-0.3, -0.25) is 9.59 Å². The molecule has 0 aliphatic rings. The van der Waals surface area contributed by atoms with Crippen molar-refractivity contribution in [2.24, 2.45) is 0 Å². The first-order chi connectivity index (χ1) is 17.8. The highest BCUT2D eigenvalue weighted by molar-refractivity contribution is 9.10. The van der Waals surface area contributed by atoms with Gasteiger partial charge in [-0.05, 0) is 54.2 Å². The summed E-state index contributed by atoms with van der Waals surface area (Å²) in [6.45, 7) is 8.33. The molecule has 0 aliphatic carbocycles. The zero-order valence-electron chi connectivity index (χ0n) is 22.1. The number of nitrogens with one attached hydrogen (secondary N) is 1. The average Bonchev–Trinajstić information content (AvgIpc) is 2.89. The second-order valence-corrected chi connectivity index (χ2v) is 10.6. The Balaban J connectivity index is 1.94. The van der Waals surface area contributed by atoms with Gasteiger partial charge >= 0.3 is 0 Å². The van der Waals surface area contributed by atoms with Crippen molar-refractivity contribution in [1.82, 2.24) is 10.2 Å². The van der Waals surface area contributed by atoms with Gasteiger partial charge in [0.1, 0.15) is 11.8 Å². The highest BCUT2D eigenvalue weighted by Crippen LogP contribution is 2.26. The molecule has 0 aromatic heterocycles. The van der Waals surface area contributed by atoms with E-state index in [1.54, 1.807) is 4.90 Å². The molecule has 0 aliphatic heterocycles. The zero-order chi connectivity index (χ0) is 26.8. The van der Waals surface area contributed by atoms with Gasteiger partial charge < -0.3 is 15.0 Å². The predicted molar refractivity (Wildman–Crippen MR) is 153 cm³/mol. The maximum Gasteiger partial charge on any atom is 0.261 e. The van der Waals surface area contributed by atoms with E-state index in [1.165, 1.54) is 0 Å². The summed E-state index contributed by atoms with van der Waals surface area (Å²) < 4.78 is 6.97. The van der Waals surface area contributed by atoms with Crippen molar-refractivity contribution < 1.29 is 14.3 Å². The van der Waals surface area contributed by atoms with Crippen molar-refractivity contribution in [3.63, 3.8) is 0 Å². The second-order valence-electron chi connectivity index (χ2n) is 9.66. The van der Waals surface area contributed by atoms with Gasteiger partial charge in [-0.2, -0.15) is 0 Å². The fourth-order valence-electron chi connectivity index (χ4n) is 4.14. The molecular formula is C31H37BrN2O3. The molecule has 2 atom stereocenters. The summed E-state index contributed by atoms with van der Waals surface area (Å²) in [4.78, 5) is 29.0. The Labute approximate surface area is 229 Å². The van der Waals surface area contributed by atoms with Crippen LogP contribution in [0.4, 0.5) is 0 Å². The summed E-state index contributed by atoms with van der Waals surface area (Å²) in [5.74, 6) is 0.552. The number of rotatable bonds is 12. The maximum absolute atomic E-state index is 13.8. The molecular weight excluding hydrogens is 528 g/mol. The number of hydrogen-bond donors (Lipinski definition) is 1. The Hall–Kier alpha value is -3.12. The van der Waals surface area contributed by atoms with Gasteiger partial charge in [0.25, 0.3) is 5.91 Å². The van der Waals surface area contributed by atoms with E-state index < -0.39 is 6.04 Å². The molecule has 196 valence electrons. The van der Waals surface area contributed by atoms with Gasteiger partial charge in [0.05, 0.1) is 0 Å². The molecule has 0 bridgehead atoms. The number of carbonyl (C=O) groups is 2. The third kappa shape index (κ3) is 8.46. The summed E-state index contributed by atoms with van der Waals surface area (Å²) in [5, 5.41) is 3.10. The lowest BCUT2D eigenvalue weighted by Crippen LogP contribution is -2.53. The van der Waals surface area contributed by atoms with E-state index in [4.69, 9.17) is 4.74 Å². The number of amides is 2. The summed E-state index contributed by atoms with van der Waals surface area (Å²) in [6.07, 6.45) is 1.21. The SMILES string of the molecule is CC[C@H](C)NC(=O)[C@@H](Cc1ccccc1)N(Cc1cccc(Br)c1)C(=O)COc1ccccc1C(C)C. The topological polar surface area (TPSA) is 58.6 Å². The van der Waals surface area contributed by atoms with Gasteiger partial charge in [0.15, 0.2) is 6.61 Å². The van der Waals surface area contributed by atoms with Crippen molar-refractivity contribution in [3.8, 4) is 5.75 Å². The van der Waals surface area contributed by atoms with E-state index in [1.807, 2.05) is 92.7 Å². The van der Waals surface area contributed by atoms with Crippen molar-refractivity contribution in [1.29, 1.82) is 0 Å². The number of halogens is 1. The average molecular weight is 566 g/mol. The summed E-state index contributed by atoms with van der Waals surface area (Å²) in [7, 11) is 0. The zero-order valence-corrected chi connectivity index (χ0v) is 23.7. The minimum Gasteiger partial charge on any atom is -0.483 e. The van der Waals surface area contributed by atoms with Crippen molar-refractivity contribution in [2.75, 3.05) is 6.61 Å². The fourth-order valence-corrected chi connectivity index (χ4v) is 4.59. The summed E-state index contributed by atoms with van der Waals surface area (Å²) in [5.41, 5.74) is 2.97. The van der Waals surface area contributed by atoms with Crippen molar-refractivity contribution in [3.05, 3.63) is 100 Å². The van der Waals surface area contributed by atoms with E-state index >= 15 is 0 Å². The van der Waals surface area contributed by atoms with E-state index in [0.29, 0.717) is 18.7 Å². The number of ether oxygens (including phenoxy) is 1. The molecule has 1 N–H and O–H groups in total. The number of nitrogens with zero attached hydrogens (tertiary/aromatic N) is 1. The molecule has 0 heterocycles. The van der Waals surface area contributed by atoms with Crippen LogP contribution in [0.2, 0.25) is 0 Å². The molecule has 0 spiro atoms. The molecule has 6 heteroatoms. The lowest BCUT2D eigenvalue weighted by molar-refractivity contribution is -0.143. The Bertz CT molecular complexity index is 1170.